The van der Waals surface area contributed by atoms with Crippen molar-refractivity contribution in [2.24, 2.45) is 0 Å². The van der Waals surface area contributed by atoms with E-state index in [4.69, 9.17) is 0 Å². The zero-order valence-electron chi connectivity index (χ0n) is 14.9. The molecule has 0 aromatic heterocycles. The first-order valence-corrected chi connectivity index (χ1v) is 9.81. The summed E-state index contributed by atoms with van der Waals surface area (Å²) in [5.74, 6) is 0. The van der Waals surface area contributed by atoms with Crippen LogP contribution in [0.15, 0.2) is 0 Å². The molecule has 1 radical (unpaired) electrons. The molecule has 0 saturated heterocycles. The number of halogens is 1. The van der Waals surface area contributed by atoms with Crippen molar-refractivity contribution in [2.75, 3.05) is 0 Å². The van der Waals surface area contributed by atoms with Gasteiger partial charge in [0.1, 0.15) is 6.17 Å². The monoisotopic (exact) mass is 299 g/mol. The minimum atomic E-state index is 0.259. The third-order valence-corrected chi connectivity index (χ3v) is 4.35. The van der Waals surface area contributed by atoms with Crippen LogP contribution in [0.1, 0.15) is 123 Å². The van der Waals surface area contributed by atoms with E-state index in [0.29, 0.717) is 0 Å². The van der Waals surface area contributed by atoms with E-state index in [0.717, 1.165) is 25.7 Å². The summed E-state index contributed by atoms with van der Waals surface area (Å²) in [5, 5.41) is 0. The quantitative estimate of drug-likeness (QED) is 0.238. The lowest BCUT2D eigenvalue weighted by atomic mass is 10.0. The molecule has 0 nitrogen and oxygen atoms in total. The highest BCUT2D eigenvalue weighted by molar-refractivity contribution is 4.75. The summed E-state index contributed by atoms with van der Waals surface area (Å²) in [5.41, 5.74) is 0. The molecule has 0 unspecified atom stereocenters. The lowest BCUT2D eigenvalue weighted by Crippen LogP contribution is -1.91. The van der Waals surface area contributed by atoms with Gasteiger partial charge in [-0.25, -0.2) is 4.39 Å². The Morgan fingerprint density at radius 2 is 0.762 bits per heavy atom. The molecule has 0 N–H and O–H groups in total. The fourth-order valence-corrected chi connectivity index (χ4v) is 2.85. The Labute approximate surface area is 134 Å². The minimum absolute atomic E-state index is 0.259. The number of hydrogen-bond donors (Lipinski definition) is 0. The molecular formula is C20H40F. The second-order valence-corrected chi connectivity index (χ2v) is 6.61. The minimum Gasteiger partial charge on any atom is -0.240 e. The number of hydrogen-bond acceptors (Lipinski definition) is 0. The summed E-state index contributed by atoms with van der Waals surface area (Å²) in [6.45, 7) is 4.50. The van der Waals surface area contributed by atoms with Gasteiger partial charge in [-0.05, 0) is 12.8 Å². The molecule has 0 aliphatic carbocycles. The van der Waals surface area contributed by atoms with Gasteiger partial charge >= 0.3 is 0 Å². The topological polar surface area (TPSA) is 0 Å². The molecule has 0 fully saturated rings. The van der Waals surface area contributed by atoms with E-state index >= 15 is 0 Å². The zero-order chi connectivity index (χ0) is 15.6. The van der Waals surface area contributed by atoms with Crippen LogP contribution < -0.4 is 0 Å². The third-order valence-electron chi connectivity index (χ3n) is 4.35. The lowest BCUT2D eigenvalue weighted by Gasteiger charge is -2.07. The van der Waals surface area contributed by atoms with Crippen LogP contribution in [0.25, 0.3) is 0 Å². The van der Waals surface area contributed by atoms with Crippen LogP contribution >= 0.6 is 0 Å². The zero-order valence-corrected chi connectivity index (χ0v) is 14.9. The second-order valence-electron chi connectivity index (χ2n) is 6.61. The standard InChI is InChI=1S/C20H40F/c1-3-5-7-9-11-13-15-17-19-20(21)18-16-14-12-10-8-6-4-2/h3-19H2,1-2H3. The Hall–Kier alpha value is -0.0700. The largest absolute Gasteiger partial charge is 0.240 e. The molecule has 1 heteroatoms. The van der Waals surface area contributed by atoms with Gasteiger partial charge in [0.05, 0.1) is 0 Å². The predicted octanol–water partition coefficient (Wildman–Crippen LogP) is 8.16. The molecule has 0 rings (SSSR count). The van der Waals surface area contributed by atoms with Crippen LogP contribution in [0.5, 0.6) is 0 Å². The first-order valence-electron chi connectivity index (χ1n) is 9.81. The van der Waals surface area contributed by atoms with Crippen LogP contribution in [-0.4, -0.2) is 0 Å². The van der Waals surface area contributed by atoms with Gasteiger partial charge in [-0.1, -0.05) is 110 Å². The van der Waals surface area contributed by atoms with Crippen molar-refractivity contribution in [1.29, 1.82) is 0 Å². The molecule has 0 saturated carbocycles. The summed E-state index contributed by atoms with van der Waals surface area (Å²) in [6, 6.07) is 0. The summed E-state index contributed by atoms with van der Waals surface area (Å²) in [4.78, 5) is 0. The smallest absolute Gasteiger partial charge is 0.144 e. The highest BCUT2D eigenvalue weighted by Gasteiger charge is 2.07. The predicted molar refractivity (Wildman–Crippen MR) is 94.2 cm³/mol. The van der Waals surface area contributed by atoms with Crippen LogP contribution in [-0.2, 0) is 0 Å². The molecule has 0 atom stereocenters. The molecule has 0 heterocycles. The van der Waals surface area contributed by atoms with Crippen molar-refractivity contribution in [3.63, 3.8) is 0 Å². The Balaban J connectivity index is 3.11. The normalized spacial score (nSPS) is 11.4. The Bertz CT molecular complexity index is 179. The van der Waals surface area contributed by atoms with E-state index in [1.807, 2.05) is 0 Å². The fourth-order valence-electron chi connectivity index (χ4n) is 2.85. The van der Waals surface area contributed by atoms with E-state index < -0.39 is 0 Å². The third kappa shape index (κ3) is 17.9. The van der Waals surface area contributed by atoms with E-state index in [1.54, 1.807) is 0 Å². The first kappa shape index (κ1) is 20.9. The maximum atomic E-state index is 13.6. The Kier molecular flexibility index (Phi) is 17.9. The van der Waals surface area contributed by atoms with Gasteiger partial charge < -0.3 is 0 Å². The van der Waals surface area contributed by atoms with Gasteiger partial charge in [-0.3, -0.25) is 0 Å². The van der Waals surface area contributed by atoms with E-state index in [9.17, 15) is 4.39 Å². The fraction of sp³-hybridized carbons (Fsp3) is 0.950. The van der Waals surface area contributed by atoms with Crippen molar-refractivity contribution in [1.82, 2.24) is 0 Å². The molecule has 0 spiro atoms. The molecule has 0 aliphatic rings. The van der Waals surface area contributed by atoms with E-state index in [1.165, 1.54) is 83.5 Å². The molecule has 0 amide bonds. The number of rotatable bonds is 17. The summed E-state index contributed by atoms with van der Waals surface area (Å²) < 4.78 is 13.6. The van der Waals surface area contributed by atoms with Crippen molar-refractivity contribution < 1.29 is 4.39 Å². The maximum absolute atomic E-state index is 13.6. The molecule has 127 valence electrons. The average Bonchev–Trinajstić information content (AvgIpc) is 2.49. The van der Waals surface area contributed by atoms with Crippen LogP contribution in [0.2, 0.25) is 0 Å². The van der Waals surface area contributed by atoms with Crippen molar-refractivity contribution in [3.05, 3.63) is 6.17 Å². The highest BCUT2D eigenvalue weighted by atomic mass is 19.1. The molecular weight excluding hydrogens is 259 g/mol. The van der Waals surface area contributed by atoms with Gasteiger partial charge in [-0.2, -0.15) is 0 Å². The van der Waals surface area contributed by atoms with Crippen molar-refractivity contribution in [3.8, 4) is 0 Å². The molecule has 0 bridgehead atoms. The van der Waals surface area contributed by atoms with E-state index in [-0.39, 0.29) is 6.17 Å². The molecule has 0 aromatic carbocycles. The molecule has 0 aliphatic heterocycles. The second kappa shape index (κ2) is 18.0. The van der Waals surface area contributed by atoms with Crippen molar-refractivity contribution >= 4 is 0 Å². The first-order chi connectivity index (χ1) is 10.3. The molecule has 21 heavy (non-hydrogen) atoms. The molecule has 0 aromatic rings. The SMILES string of the molecule is CCCCCCCCCC[C](F)CCCCCCCCC. The van der Waals surface area contributed by atoms with Gasteiger partial charge in [0.25, 0.3) is 0 Å². The van der Waals surface area contributed by atoms with Gasteiger partial charge in [0.15, 0.2) is 0 Å². The van der Waals surface area contributed by atoms with Crippen LogP contribution in [0.3, 0.4) is 0 Å². The van der Waals surface area contributed by atoms with Crippen molar-refractivity contribution in [2.45, 2.75) is 123 Å². The lowest BCUT2D eigenvalue weighted by molar-refractivity contribution is 0.397. The summed E-state index contributed by atoms with van der Waals surface area (Å²) in [7, 11) is 0. The van der Waals surface area contributed by atoms with Gasteiger partial charge in [-0.15, -0.1) is 0 Å². The summed E-state index contributed by atoms with van der Waals surface area (Å²) in [6.07, 6.45) is 21.0. The van der Waals surface area contributed by atoms with Gasteiger partial charge in [0, 0.05) is 0 Å². The van der Waals surface area contributed by atoms with Crippen LogP contribution in [0.4, 0.5) is 4.39 Å². The number of unbranched alkanes of at least 4 members (excludes halogenated alkanes) is 13. The van der Waals surface area contributed by atoms with Crippen LogP contribution in [0, 0.1) is 6.17 Å². The Morgan fingerprint density at radius 3 is 1.10 bits per heavy atom. The maximum Gasteiger partial charge on any atom is 0.144 e. The Morgan fingerprint density at radius 1 is 0.476 bits per heavy atom. The highest BCUT2D eigenvalue weighted by Crippen LogP contribution is 2.21. The van der Waals surface area contributed by atoms with Gasteiger partial charge in [0.2, 0.25) is 0 Å². The summed E-state index contributed by atoms with van der Waals surface area (Å²) >= 11 is 0. The van der Waals surface area contributed by atoms with E-state index in [2.05, 4.69) is 13.8 Å². The average molecular weight is 300 g/mol.